The number of hydrogen-bond acceptors (Lipinski definition) is 5. The van der Waals surface area contributed by atoms with Crippen LogP contribution in [0.25, 0.3) is 0 Å². The maximum Gasteiger partial charge on any atom is 0.255 e. The molecule has 0 aliphatic carbocycles. The molecule has 0 bridgehead atoms. The first-order chi connectivity index (χ1) is 10.7. The number of carbonyl (C=O) groups is 1. The summed E-state index contributed by atoms with van der Waals surface area (Å²) in [7, 11) is 3.20. The fourth-order valence-corrected chi connectivity index (χ4v) is 3.78. The smallest absolute Gasteiger partial charge is 0.255 e. The van der Waals surface area contributed by atoms with E-state index in [1.807, 2.05) is 11.0 Å². The molecular weight excluding hydrogens is 286 g/mol. The lowest BCUT2D eigenvalue weighted by Crippen LogP contribution is -2.46. The molecule has 6 nitrogen and oxygen atoms in total. The number of hydrogen-bond donors (Lipinski definition) is 0. The van der Waals surface area contributed by atoms with E-state index < -0.39 is 5.79 Å². The molecule has 1 atom stereocenters. The number of ether oxygens (including phenoxy) is 4. The highest BCUT2D eigenvalue weighted by molar-refractivity contribution is 6.00. The van der Waals surface area contributed by atoms with Gasteiger partial charge in [-0.3, -0.25) is 4.79 Å². The molecule has 0 aromatic heterocycles. The van der Waals surface area contributed by atoms with Crippen LogP contribution in [-0.2, 0) is 9.47 Å². The molecule has 2 fully saturated rings. The van der Waals surface area contributed by atoms with Crippen molar-refractivity contribution < 1.29 is 23.7 Å². The minimum absolute atomic E-state index is 0.0325. The standard InChI is InChI=1S/C16H19NO5/c1-19-10-7-11-14(13(8-10)20-2)12-9-16(21-5-6-22-16)3-4-17(12)15(11)18/h7-8,12H,3-6,9H2,1-2H3. The molecule has 3 heterocycles. The molecule has 1 aromatic carbocycles. The number of nitrogens with zero attached hydrogens (tertiary/aromatic N) is 1. The summed E-state index contributed by atoms with van der Waals surface area (Å²) in [4.78, 5) is 14.6. The van der Waals surface area contributed by atoms with Crippen molar-refractivity contribution in [3.8, 4) is 11.5 Å². The van der Waals surface area contributed by atoms with E-state index in [9.17, 15) is 4.79 Å². The zero-order valence-electron chi connectivity index (χ0n) is 12.8. The fraction of sp³-hybridized carbons (Fsp3) is 0.562. The number of rotatable bonds is 2. The minimum Gasteiger partial charge on any atom is -0.497 e. The predicted octanol–water partition coefficient (Wildman–Crippen LogP) is 1.74. The van der Waals surface area contributed by atoms with Gasteiger partial charge in [-0.2, -0.15) is 0 Å². The van der Waals surface area contributed by atoms with Gasteiger partial charge in [0.25, 0.3) is 5.91 Å². The maximum atomic E-state index is 12.7. The van der Waals surface area contributed by atoms with Crippen molar-refractivity contribution in [1.29, 1.82) is 0 Å². The SMILES string of the molecule is COc1cc(OC)c2c(c1)C(=O)N1CCC3(CC21)OCCO3. The van der Waals surface area contributed by atoms with Gasteiger partial charge < -0.3 is 23.8 Å². The van der Waals surface area contributed by atoms with Crippen LogP contribution < -0.4 is 9.47 Å². The van der Waals surface area contributed by atoms with Crippen LogP contribution in [0, 0.1) is 0 Å². The van der Waals surface area contributed by atoms with Crippen molar-refractivity contribution in [3.05, 3.63) is 23.3 Å². The topological polar surface area (TPSA) is 57.2 Å². The highest BCUT2D eigenvalue weighted by Crippen LogP contribution is 2.50. The van der Waals surface area contributed by atoms with Gasteiger partial charge in [0, 0.05) is 31.0 Å². The normalized spacial score (nSPS) is 25.3. The molecule has 3 aliphatic heterocycles. The van der Waals surface area contributed by atoms with E-state index in [4.69, 9.17) is 18.9 Å². The minimum atomic E-state index is -0.548. The number of fused-ring (bicyclic) bond motifs is 3. The molecule has 0 N–H and O–H groups in total. The Labute approximate surface area is 128 Å². The second kappa shape index (κ2) is 4.86. The predicted molar refractivity (Wildman–Crippen MR) is 77.2 cm³/mol. The van der Waals surface area contributed by atoms with Gasteiger partial charge in [0.05, 0.1) is 39.0 Å². The second-order valence-electron chi connectivity index (χ2n) is 5.87. The number of methoxy groups -OCH3 is 2. The van der Waals surface area contributed by atoms with Crippen molar-refractivity contribution in [2.24, 2.45) is 0 Å². The summed E-state index contributed by atoms with van der Waals surface area (Å²) in [5.74, 6) is 0.802. The molecular formula is C16H19NO5. The number of amides is 1. The summed E-state index contributed by atoms with van der Waals surface area (Å²) in [6.07, 6.45) is 1.36. The Balaban J connectivity index is 1.78. The second-order valence-corrected chi connectivity index (χ2v) is 5.87. The van der Waals surface area contributed by atoms with Gasteiger partial charge in [-0.05, 0) is 6.07 Å². The molecule has 1 unspecified atom stereocenters. The van der Waals surface area contributed by atoms with Crippen LogP contribution in [0.3, 0.4) is 0 Å². The number of piperidine rings is 1. The van der Waals surface area contributed by atoms with Crippen LogP contribution in [0.4, 0.5) is 0 Å². The highest BCUT2D eigenvalue weighted by Gasteiger charge is 2.51. The first-order valence-corrected chi connectivity index (χ1v) is 7.52. The third-order valence-electron chi connectivity index (χ3n) is 4.82. The molecule has 1 spiro atoms. The third kappa shape index (κ3) is 1.84. The zero-order valence-corrected chi connectivity index (χ0v) is 12.8. The van der Waals surface area contributed by atoms with Crippen molar-refractivity contribution in [2.75, 3.05) is 34.0 Å². The number of carbonyl (C=O) groups excluding carboxylic acids is 1. The molecule has 0 radical (unpaired) electrons. The Hall–Kier alpha value is -1.79. The van der Waals surface area contributed by atoms with Gasteiger partial charge in [0.1, 0.15) is 11.5 Å². The van der Waals surface area contributed by atoms with Gasteiger partial charge in [-0.1, -0.05) is 0 Å². The lowest BCUT2D eigenvalue weighted by molar-refractivity contribution is -0.191. The zero-order chi connectivity index (χ0) is 15.3. The van der Waals surface area contributed by atoms with Crippen LogP contribution in [-0.4, -0.2) is 50.6 Å². The summed E-state index contributed by atoms with van der Waals surface area (Å²) in [6, 6.07) is 3.56. The molecule has 6 heteroatoms. The van der Waals surface area contributed by atoms with Crippen LogP contribution in [0.1, 0.15) is 34.8 Å². The first kappa shape index (κ1) is 13.8. The molecule has 2 saturated heterocycles. The summed E-state index contributed by atoms with van der Waals surface area (Å²) in [5.41, 5.74) is 1.59. The van der Waals surface area contributed by atoms with E-state index in [1.54, 1.807) is 20.3 Å². The highest BCUT2D eigenvalue weighted by atomic mass is 16.7. The van der Waals surface area contributed by atoms with Crippen molar-refractivity contribution in [2.45, 2.75) is 24.7 Å². The summed E-state index contributed by atoms with van der Waals surface area (Å²) in [5, 5.41) is 0. The Bertz CT molecular complexity index is 623. The van der Waals surface area contributed by atoms with Gasteiger partial charge in [0.15, 0.2) is 5.79 Å². The molecule has 22 heavy (non-hydrogen) atoms. The van der Waals surface area contributed by atoms with Crippen LogP contribution in [0.5, 0.6) is 11.5 Å². The van der Waals surface area contributed by atoms with Crippen LogP contribution in [0.15, 0.2) is 12.1 Å². The van der Waals surface area contributed by atoms with Crippen molar-refractivity contribution >= 4 is 5.91 Å². The average Bonchev–Trinajstić information content (AvgIpc) is 3.10. The molecule has 0 saturated carbocycles. The van der Waals surface area contributed by atoms with Crippen LogP contribution >= 0.6 is 0 Å². The number of benzene rings is 1. The Morgan fingerprint density at radius 3 is 2.68 bits per heavy atom. The molecule has 3 aliphatic rings. The summed E-state index contributed by atoms with van der Waals surface area (Å²) >= 11 is 0. The molecule has 4 rings (SSSR count). The quantitative estimate of drug-likeness (QED) is 0.833. The van der Waals surface area contributed by atoms with E-state index in [0.717, 1.165) is 5.56 Å². The molecule has 1 aromatic rings. The Kier molecular flexibility index (Phi) is 3.06. The Morgan fingerprint density at radius 1 is 1.23 bits per heavy atom. The van der Waals surface area contributed by atoms with E-state index in [1.165, 1.54) is 0 Å². The van der Waals surface area contributed by atoms with Gasteiger partial charge in [0.2, 0.25) is 0 Å². The monoisotopic (exact) mass is 305 g/mol. The summed E-state index contributed by atoms with van der Waals surface area (Å²) in [6.45, 7) is 1.87. The van der Waals surface area contributed by atoms with Crippen LogP contribution in [0.2, 0.25) is 0 Å². The lowest BCUT2D eigenvalue weighted by Gasteiger charge is -2.40. The Morgan fingerprint density at radius 2 is 2.00 bits per heavy atom. The largest absolute Gasteiger partial charge is 0.497 e. The molecule has 1 amide bonds. The van der Waals surface area contributed by atoms with E-state index in [2.05, 4.69) is 0 Å². The van der Waals surface area contributed by atoms with E-state index >= 15 is 0 Å². The average molecular weight is 305 g/mol. The lowest BCUT2D eigenvalue weighted by atomic mass is 9.92. The van der Waals surface area contributed by atoms with Crippen molar-refractivity contribution in [3.63, 3.8) is 0 Å². The van der Waals surface area contributed by atoms with Crippen molar-refractivity contribution in [1.82, 2.24) is 4.90 Å². The van der Waals surface area contributed by atoms with Gasteiger partial charge in [-0.15, -0.1) is 0 Å². The fourth-order valence-electron chi connectivity index (χ4n) is 3.78. The van der Waals surface area contributed by atoms with E-state index in [-0.39, 0.29) is 11.9 Å². The first-order valence-electron chi connectivity index (χ1n) is 7.52. The maximum absolute atomic E-state index is 12.7. The van der Waals surface area contributed by atoms with Gasteiger partial charge >= 0.3 is 0 Å². The molecule has 118 valence electrons. The van der Waals surface area contributed by atoms with Gasteiger partial charge in [-0.25, -0.2) is 0 Å². The summed E-state index contributed by atoms with van der Waals surface area (Å²) < 4.78 is 22.4. The van der Waals surface area contributed by atoms with E-state index in [0.29, 0.717) is 49.7 Å². The third-order valence-corrected chi connectivity index (χ3v) is 4.82.